The Morgan fingerprint density at radius 1 is 1.20 bits per heavy atom. The highest BCUT2D eigenvalue weighted by Gasteiger charge is 2.46. The molecule has 0 aromatic heterocycles. The molecule has 0 aliphatic heterocycles. The van der Waals surface area contributed by atoms with Gasteiger partial charge in [-0.25, -0.2) is 8.42 Å². The summed E-state index contributed by atoms with van der Waals surface area (Å²) in [7, 11) is -3.23. The summed E-state index contributed by atoms with van der Waals surface area (Å²) in [6, 6.07) is 6.99. The van der Waals surface area contributed by atoms with Crippen molar-refractivity contribution in [3.63, 3.8) is 0 Å². The van der Waals surface area contributed by atoms with Gasteiger partial charge in [-0.05, 0) is 37.8 Å². The van der Waals surface area contributed by atoms with Gasteiger partial charge in [0.15, 0.2) is 9.84 Å². The SMILES string of the molecule is CC(C)(c1ccc(C2(C(=O)O)CCC2)cc1)S(C)(=O)=O. The third-order valence-corrected chi connectivity index (χ3v) is 6.77. The monoisotopic (exact) mass is 296 g/mol. The van der Waals surface area contributed by atoms with Crippen molar-refractivity contribution in [2.75, 3.05) is 6.26 Å². The Labute approximate surface area is 119 Å². The van der Waals surface area contributed by atoms with Crippen LogP contribution in [0, 0.1) is 0 Å². The maximum absolute atomic E-state index is 11.8. The first-order chi connectivity index (χ1) is 9.11. The van der Waals surface area contributed by atoms with E-state index in [1.165, 1.54) is 6.26 Å². The van der Waals surface area contributed by atoms with Gasteiger partial charge in [-0.15, -0.1) is 0 Å². The first kappa shape index (κ1) is 15.0. The van der Waals surface area contributed by atoms with Gasteiger partial charge in [0, 0.05) is 6.26 Å². The fraction of sp³-hybridized carbons (Fsp3) is 0.533. The predicted molar refractivity (Wildman–Crippen MR) is 77.5 cm³/mol. The van der Waals surface area contributed by atoms with Crippen LogP contribution in [0.5, 0.6) is 0 Å². The van der Waals surface area contributed by atoms with Crippen molar-refractivity contribution >= 4 is 15.8 Å². The Morgan fingerprint density at radius 3 is 2.00 bits per heavy atom. The third kappa shape index (κ3) is 2.14. The molecular formula is C15H20O4S. The Kier molecular flexibility index (Phi) is 3.45. The summed E-state index contributed by atoms with van der Waals surface area (Å²) in [5.41, 5.74) is 0.682. The average Bonchev–Trinajstić information content (AvgIpc) is 2.26. The van der Waals surface area contributed by atoms with Crippen LogP contribution in [-0.4, -0.2) is 25.7 Å². The van der Waals surface area contributed by atoms with E-state index in [4.69, 9.17) is 0 Å². The second-order valence-electron chi connectivity index (χ2n) is 6.10. The second kappa shape index (κ2) is 4.58. The van der Waals surface area contributed by atoms with Crippen LogP contribution in [0.2, 0.25) is 0 Å². The molecule has 110 valence electrons. The summed E-state index contributed by atoms with van der Waals surface area (Å²) in [5, 5.41) is 9.40. The van der Waals surface area contributed by atoms with Crippen LogP contribution in [-0.2, 0) is 24.8 Å². The highest BCUT2D eigenvalue weighted by Crippen LogP contribution is 2.44. The van der Waals surface area contributed by atoms with E-state index in [9.17, 15) is 18.3 Å². The normalized spacial score (nSPS) is 18.4. The number of benzene rings is 1. The van der Waals surface area contributed by atoms with Crippen LogP contribution in [0.1, 0.15) is 44.2 Å². The van der Waals surface area contributed by atoms with Gasteiger partial charge in [0.25, 0.3) is 0 Å². The Morgan fingerprint density at radius 2 is 1.70 bits per heavy atom. The van der Waals surface area contributed by atoms with Crippen molar-refractivity contribution in [2.24, 2.45) is 0 Å². The van der Waals surface area contributed by atoms with E-state index in [2.05, 4.69) is 0 Å². The lowest BCUT2D eigenvalue weighted by atomic mass is 9.64. The Bertz CT molecular complexity index is 622. The van der Waals surface area contributed by atoms with Gasteiger partial charge in [-0.1, -0.05) is 30.7 Å². The lowest BCUT2D eigenvalue weighted by molar-refractivity contribution is -0.147. The molecule has 1 aromatic carbocycles. The average molecular weight is 296 g/mol. The topological polar surface area (TPSA) is 71.4 Å². The fourth-order valence-electron chi connectivity index (χ4n) is 2.56. The molecule has 0 atom stereocenters. The molecule has 1 aliphatic carbocycles. The number of carboxylic acids is 1. The maximum atomic E-state index is 11.8. The van der Waals surface area contributed by atoms with Crippen molar-refractivity contribution in [1.29, 1.82) is 0 Å². The highest BCUT2D eigenvalue weighted by atomic mass is 32.2. The lowest BCUT2D eigenvalue weighted by Gasteiger charge is -2.38. The number of hydrogen-bond acceptors (Lipinski definition) is 3. The maximum Gasteiger partial charge on any atom is 0.314 e. The molecule has 5 heteroatoms. The molecule has 2 rings (SSSR count). The van der Waals surface area contributed by atoms with Gasteiger partial charge in [-0.2, -0.15) is 0 Å². The quantitative estimate of drug-likeness (QED) is 0.926. The zero-order valence-corrected chi connectivity index (χ0v) is 12.8. The van der Waals surface area contributed by atoms with Crippen molar-refractivity contribution in [3.8, 4) is 0 Å². The molecule has 0 bridgehead atoms. The zero-order valence-electron chi connectivity index (χ0n) is 12.0. The van der Waals surface area contributed by atoms with Crippen LogP contribution in [0.3, 0.4) is 0 Å². The predicted octanol–water partition coefficient (Wildman–Crippen LogP) is 2.47. The zero-order chi connectivity index (χ0) is 15.2. The van der Waals surface area contributed by atoms with Gasteiger partial charge < -0.3 is 5.11 Å². The molecule has 1 aliphatic rings. The van der Waals surface area contributed by atoms with Crippen molar-refractivity contribution in [2.45, 2.75) is 43.3 Å². The molecule has 0 heterocycles. The molecule has 1 aromatic rings. The second-order valence-corrected chi connectivity index (χ2v) is 8.67. The van der Waals surface area contributed by atoms with Crippen LogP contribution in [0.15, 0.2) is 24.3 Å². The standard InChI is InChI=1S/C15H20O4S/c1-14(2,20(3,18)19)11-5-7-12(8-6-11)15(13(16)17)9-4-10-15/h5-8H,4,9-10H2,1-3H3,(H,16,17). The molecule has 0 spiro atoms. The number of hydrogen-bond donors (Lipinski definition) is 1. The van der Waals surface area contributed by atoms with Crippen LogP contribution < -0.4 is 0 Å². The van der Waals surface area contributed by atoms with E-state index >= 15 is 0 Å². The first-order valence-electron chi connectivity index (χ1n) is 6.65. The number of sulfone groups is 1. The molecule has 0 radical (unpaired) electrons. The number of aliphatic carboxylic acids is 1. The summed E-state index contributed by atoms with van der Waals surface area (Å²) in [6.07, 6.45) is 3.43. The summed E-state index contributed by atoms with van der Waals surface area (Å²) in [5.74, 6) is -0.793. The van der Waals surface area contributed by atoms with Crippen LogP contribution in [0.25, 0.3) is 0 Å². The number of rotatable bonds is 4. The van der Waals surface area contributed by atoms with Gasteiger partial charge in [0.1, 0.15) is 0 Å². The fourth-order valence-corrected chi connectivity index (χ4v) is 3.13. The summed E-state index contributed by atoms with van der Waals surface area (Å²) in [6.45, 7) is 3.32. The minimum absolute atomic E-state index is 0.650. The molecule has 20 heavy (non-hydrogen) atoms. The Balaban J connectivity index is 2.39. The number of carbonyl (C=O) groups is 1. The van der Waals surface area contributed by atoms with E-state index in [1.54, 1.807) is 38.1 Å². The summed E-state index contributed by atoms with van der Waals surface area (Å²) < 4.78 is 22.7. The molecule has 1 fully saturated rings. The van der Waals surface area contributed by atoms with E-state index in [1.807, 2.05) is 0 Å². The molecular weight excluding hydrogens is 276 g/mol. The third-order valence-electron chi connectivity index (χ3n) is 4.68. The minimum Gasteiger partial charge on any atom is -0.481 e. The lowest BCUT2D eigenvalue weighted by Crippen LogP contribution is -2.42. The molecule has 1 saturated carbocycles. The van der Waals surface area contributed by atoms with E-state index in [-0.39, 0.29) is 0 Å². The summed E-state index contributed by atoms with van der Waals surface area (Å²) >= 11 is 0. The molecule has 1 N–H and O–H groups in total. The summed E-state index contributed by atoms with van der Waals surface area (Å²) in [4.78, 5) is 11.4. The number of carboxylic acid groups (broad SMARTS) is 1. The largest absolute Gasteiger partial charge is 0.481 e. The van der Waals surface area contributed by atoms with E-state index < -0.39 is 26.0 Å². The minimum atomic E-state index is -3.23. The van der Waals surface area contributed by atoms with E-state index in [0.717, 1.165) is 12.0 Å². The molecule has 4 nitrogen and oxygen atoms in total. The van der Waals surface area contributed by atoms with Crippen molar-refractivity contribution in [1.82, 2.24) is 0 Å². The van der Waals surface area contributed by atoms with Gasteiger partial charge in [-0.3, -0.25) is 4.79 Å². The van der Waals surface area contributed by atoms with Gasteiger partial charge in [0.2, 0.25) is 0 Å². The van der Waals surface area contributed by atoms with Gasteiger partial charge >= 0.3 is 5.97 Å². The highest BCUT2D eigenvalue weighted by molar-refractivity contribution is 7.91. The smallest absolute Gasteiger partial charge is 0.314 e. The van der Waals surface area contributed by atoms with Crippen LogP contribution in [0.4, 0.5) is 0 Å². The van der Waals surface area contributed by atoms with Gasteiger partial charge in [0.05, 0.1) is 10.2 Å². The molecule has 0 saturated heterocycles. The van der Waals surface area contributed by atoms with Crippen LogP contribution >= 0.6 is 0 Å². The van der Waals surface area contributed by atoms with Crippen molar-refractivity contribution in [3.05, 3.63) is 35.4 Å². The molecule has 0 amide bonds. The van der Waals surface area contributed by atoms with Crippen molar-refractivity contribution < 1.29 is 18.3 Å². The van der Waals surface area contributed by atoms with E-state index in [0.29, 0.717) is 18.4 Å². The molecule has 0 unspecified atom stereocenters. The first-order valence-corrected chi connectivity index (χ1v) is 8.54. The Hall–Kier alpha value is -1.36.